The maximum absolute atomic E-state index is 14.4. The lowest BCUT2D eigenvalue weighted by atomic mass is 9.88. The number of ether oxygens (including phenoxy) is 1. The Hall–Kier alpha value is -2.94. The van der Waals surface area contributed by atoms with Gasteiger partial charge in [-0.3, -0.25) is 9.59 Å². The largest absolute Gasteiger partial charge is 0.437 e. The summed E-state index contributed by atoms with van der Waals surface area (Å²) < 4.78 is 60.1. The van der Waals surface area contributed by atoms with Gasteiger partial charge in [-0.1, -0.05) is 12.1 Å². The van der Waals surface area contributed by atoms with E-state index >= 15 is 0 Å². The molecule has 1 spiro atoms. The van der Waals surface area contributed by atoms with E-state index in [-0.39, 0.29) is 50.5 Å². The number of amides is 2. The number of nitrogens with zero attached hydrogens (tertiary/aromatic N) is 2. The number of alkyl halides is 2. The average molecular weight is 436 g/mol. The van der Waals surface area contributed by atoms with Gasteiger partial charge >= 0.3 is 12.0 Å². The zero-order valence-corrected chi connectivity index (χ0v) is 16.5. The lowest BCUT2D eigenvalue weighted by Gasteiger charge is -2.48. The second-order valence-corrected chi connectivity index (χ2v) is 7.85. The van der Waals surface area contributed by atoms with Gasteiger partial charge in [-0.2, -0.15) is 8.78 Å². The third-order valence-electron chi connectivity index (χ3n) is 5.72. The van der Waals surface area contributed by atoms with Gasteiger partial charge in [0, 0.05) is 18.8 Å². The van der Waals surface area contributed by atoms with Crippen LogP contribution in [-0.4, -0.2) is 48.1 Å². The maximum atomic E-state index is 14.4. The zero-order chi connectivity index (χ0) is 22.2. The highest BCUT2D eigenvalue weighted by atomic mass is 19.3. The van der Waals surface area contributed by atoms with Crippen LogP contribution in [0.2, 0.25) is 0 Å². The van der Waals surface area contributed by atoms with Gasteiger partial charge in [0.15, 0.2) is 0 Å². The molecule has 2 amide bonds. The number of benzene rings is 2. The molecule has 2 aliphatic rings. The topological polar surface area (TPSA) is 49.9 Å². The van der Waals surface area contributed by atoms with Crippen LogP contribution in [0, 0.1) is 11.6 Å². The highest BCUT2D eigenvalue weighted by molar-refractivity contribution is 5.98. The molecule has 0 radical (unpaired) electrons. The highest BCUT2D eigenvalue weighted by Gasteiger charge is 2.57. The molecule has 2 aromatic rings. The molecule has 4 rings (SSSR count). The normalized spacial score (nSPS) is 20.2. The van der Waals surface area contributed by atoms with E-state index in [2.05, 4.69) is 0 Å². The number of hydrogen-bond acceptors (Lipinski definition) is 3. The first-order chi connectivity index (χ1) is 14.7. The first-order valence-corrected chi connectivity index (χ1v) is 9.85. The molecule has 2 aliphatic heterocycles. The smallest absolute Gasteiger partial charge is 0.342 e. The number of hydrogen-bond donors (Lipinski definition) is 0. The molecule has 31 heavy (non-hydrogen) atoms. The van der Waals surface area contributed by atoms with E-state index < -0.39 is 29.3 Å². The van der Waals surface area contributed by atoms with E-state index in [0.717, 1.165) is 17.0 Å². The van der Waals surface area contributed by atoms with Crippen molar-refractivity contribution in [3.8, 4) is 0 Å². The van der Waals surface area contributed by atoms with Crippen LogP contribution in [0.1, 0.15) is 18.4 Å². The van der Waals surface area contributed by atoms with Crippen molar-refractivity contribution in [2.75, 3.05) is 24.5 Å². The second-order valence-electron chi connectivity index (χ2n) is 7.85. The molecule has 2 heterocycles. The fourth-order valence-electron chi connectivity index (χ4n) is 4.01. The standard InChI is InChI=1S/C22H20F4N2O3/c23-16-3-1-15(2-4-16)13-19(29)27-11-9-21(10-12-27)14-28(20(30)22(25,26)31-21)18-7-5-17(24)6-8-18/h1-8H,9-14H2. The minimum Gasteiger partial charge on any atom is -0.342 e. The number of morpholine rings is 1. The minimum atomic E-state index is -4.02. The van der Waals surface area contributed by atoms with Crippen LogP contribution in [0.3, 0.4) is 0 Å². The van der Waals surface area contributed by atoms with Gasteiger partial charge in [0.1, 0.15) is 11.6 Å². The molecule has 2 fully saturated rings. The number of piperidine rings is 1. The molecule has 0 bridgehead atoms. The Morgan fingerprint density at radius 3 is 2.06 bits per heavy atom. The van der Waals surface area contributed by atoms with E-state index in [1.807, 2.05) is 0 Å². The summed E-state index contributed by atoms with van der Waals surface area (Å²) in [6.07, 6.45) is -3.72. The van der Waals surface area contributed by atoms with E-state index in [1.165, 1.54) is 36.4 Å². The van der Waals surface area contributed by atoms with Crippen LogP contribution in [0.5, 0.6) is 0 Å². The Morgan fingerprint density at radius 1 is 0.935 bits per heavy atom. The number of anilines is 1. The lowest BCUT2D eigenvalue weighted by Crippen LogP contribution is -2.65. The van der Waals surface area contributed by atoms with Crippen molar-refractivity contribution in [3.63, 3.8) is 0 Å². The molecule has 0 N–H and O–H groups in total. The first kappa shape index (κ1) is 21.3. The average Bonchev–Trinajstić information content (AvgIpc) is 2.73. The molecule has 2 aromatic carbocycles. The molecular weight excluding hydrogens is 416 g/mol. The predicted molar refractivity (Wildman–Crippen MR) is 103 cm³/mol. The molecule has 0 aromatic heterocycles. The van der Waals surface area contributed by atoms with Crippen molar-refractivity contribution < 1.29 is 31.9 Å². The van der Waals surface area contributed by atoms with E-state index in [0.29, 0.717) is 5.56 Å². The van der Waals surface area contributed by atoms with E-state index in [4.69, 9.17) is 4.74 Å². The molecule has 5 nitrogen and oxygen atoms in total. The molecular formula is C22H20F4N2O3. The van der Waals surface area contributed by atoms with Crippen LogP contribution in [0.4, 0.5) is 23.2 Å². The monoisotopic (exact) mass is 436 g/mol. The summed E-state index contributed by atoms with van der Waals surface area (Å²) in [6, 6.07) is 10.3. The van der Waals surface area contributed by atoms with Gasteiger partial charge in [0.05, 0.1) is 18.6 Å². The van der Waals surface area contributed by atoms with Gasteiger partial charge in [-0.05, 0) is 54.8 Å². The van der Waals surface area contributed by atoms with Crippen LogP contribution in [0.15, 0.2) is 48.5 Å². The van der Waals surface area contributed by atoms with Crippen LogP contribution in [-0.2, 0) is 20.7 Å². The summed E-state index contributed by atoms with van der Waals surface area (Å²) in [5, 5.41) is 0. The number of likely N-dealkylation sites (tertiary alicyclic amines) is 1. The quantitative estimate of drug-likeness (QED) is 0.692. The molecule has 0 atom stereocenters. The maximum Gasteiger partial charge on any atom is 0.437 e. The van der Waals surface area contributed by atoms with Gasteiger partial charge in [-0.15, -0.1) is 0 Å². The number of rotatable bonds is 3. The zero-order valence-electron chi connectivity index (χ0n) is 16.5. The van der Waals surface area contributed by atoms with Crippen molar-refractivity contribution in [2.45, 2.75) is 31.0 Å². The van der Waals surface area contributed by atoms with Crippen molar-refractivity contribution in [3.05, 3.63) is 65.7 Å². The minimum absolute atomic E-state index is 0.0739. The molecule has 0 unspecified atom stereocenters. The second kappa shape index (κ2) is 7.96. The Balaban J connectivity index is 1.46. The van der Waals surface area contributed by atoms with Crippen molar-refractivity contribution in [1.29, 1.82) is 0 Å². The SMILES string of the molecule is O=C(Cc1ccc(F)cc1)N1CCC2(CC1)CN(c1ccc(F)cc1)C(=O)C(F)(F)O2. The lowest BCUT2D eigenvalue weighted by molar-refractivity contribution is -0.292. The Kier molecular flexibility index (Phi) is 5.47. The number of carbonyl (C=O) groups is 2. The Morgan fingerprint density at radius 2 is 1.48 bits per heavy atom. The molecule has 9 heteroatoms. The van der Waals surface area contributed by atoms with Crippen LogP contribution in [0.25, 0.3) is 0 Å². The molecule has 164 valence electrons. The van der Waals surface area contributed by atoms with E-state index in [9.17, 15) is 27.2 Å². The van der Waals surface area contributed by atoms with Crippen molar-refractivity contribution >= 4 is 17.5 Å². The van der Waals surface area contributed by atoms with Gasteiger partial charge in [0.2, 0.25) is 5.91 Å². The summed E-state index contributed by atoms with van der Waals surface area (Å²) in [5.41, 5.74) is -0.512. The Labute approximate surface area is 176 Å². The van der Waals surface area contributed by atoms with Crippen molar-refractivity contribution in [2.24, 2.45) is 0 Å². The first-order valence-electron chi connectivity index (χ1n) is 9.85. The molecule has 0 aliphatic carbocycles. The number of halogens is 4. The fraction of sp³-hybridized carbons (Fsp3) is 0.364. The van der Waals surface area contributed by atoms with Gasteiger partial charge in [0.25, 0.3) is 0 Å². The summed E-state index contributed by atoms with van der Waals surface area (Å²) in [7, 11) is 0. The Bertz CT molecular complexity index is 971. The number of carbonyl (C=O) groups excluding carboxylic acids is 2. The molecule has 2 saturated heterocycles. The van der Waals surface area contributed by atoms with Crippen molar-refractivity contribution in [1.82, 2.24) is 4.90 Å². The highest BCUT2D eigenvalue weighted by Crippen LogP contribution is 2.40. The third-order valence-corrected chi connectivity index (χ3v) is 5.72. The van der Waals surface area contributed by atoms with Crippen LogP contribution < -0.4 is 4.90 Å². The fourth-order valence-corrected chi connectivity index (χ4v) is 4.01. The predicted octanol–water partition coefficient (Wildman–Crippen LogP) is 3.52. The summed E-state index contributed by atoms with van der Waals surface area (Å²) >= 11 is 0. The van der Waals surface area contributed by atoms with Crippen LogP contribution >= 0.6 is 0 Å². The van der Waals surface area contributed by atoms with E-state index in [1.54, 1.807) is 4.90 Å². The summed E-state index contributed by atoms with van der Waals surface area (Å²) in [5.74, 6) is -2.64. The van der Waals surface area contributed by atoms with Gasteiger partial charge < -0.3 is 14.5 Å². The summed E-state index contributed by atoms with van der Waals surface area (Å²) in [6.45, 7) is 0.246. The third kappa shape index (κ3) is 4.41. The summed E-state index contributed by atoms with van der Waals surface area (Å²) in [4.78, 5) is 27.3. The van der Waals surface area contributed by atoms with Gasteiger partial charge in [-0.25, -0.2) is 8.78 Å². The molecule has 0 saturated carbocycles.